The molecule has 2 atom stereocenters. The number of rotatable bonds is 6. The Bertz CT molecular complexity index is 1480. The molecule has 3 aromatic rings. The molecular weight excluding hydrogens is 483 g/mol. The van der Waals surface area contributed by atoms with E-state index in [0.717, 1.165) is 22.6 Å². The number of Topliss-reactive ketones (excluding diaryl/α,β-unsaturated/α-hetero) is 1. The molecule has 2 aromatic carbocycles. The summed E-state index contributed by atoms with van der Waals surface area (Å²) in [5.74, 6) is -4.95. The lowest BCUT2D eigenvalue weighted by Crippen LogP contribution is -2.34. The van der Waals surface area contributed by atoms with Gasteiger partial charge in [0.25, 0.3) is 5.91 Å². The molecule has 1 fully saturated rings. The molecule has 11 heteroatoms. The predicted octanol–water partition coefficient (Wildman–Crippen LogP) is 2.93. The van der Waals surface area contributed by atoms with Gasteiger partial charge in [-0.05, 0) is 57.2 Å². The first-order valence-electron chi connectivity index (χ1n) is 11.5. The number of aromatic nitrogens is 2. The van der Waals surface area contributed by atoms with Gasteiger partial charge in [-0.25, -0.2) is 18.8 Å². The Balaban J connectivity index is 1.54. The zero-order chi connectivity index (χ0) is 26.4. The van der Waals surface area contributed by atoms with Crippen molar-refractivity contribution in [2.24, 2.45) is 11.1 Å². The minimum atomic E-state index is -1.35. The number of fused-ring (bicyclic) bond motifs is 1. The fraction of sp³-hybridized carbons (Fsp3) is 0.231. The van der Waals surface area contributed by atoms with Crippen molar-refractivity contribution in [3.05, 3.63) is 76.9 Å². The first-order chi connectivity index (χ1) is 17.7. The van der Waals surface area contributed by atoms with Crippen molar-refractivity contribution < 1.29 is 33.1 Å². The summed E-state index contributed by atoms with van der Waals surface area (Å²) in [7, 11) is 0. The minimum Gasteiger partial charge on any atom is -0.461 e. The van der Waals surface area contributed by atoms with Crippen LogP contribution in [0.2, 0.25) is 0 Å². The topological polar surface area (TPSA) is 120 Å². The Morgan fingerprint density at radius 3 is 2.30 bits per heavy atom. The minimum absolute atomic E-state index is 0.0529. The predicted molar refractivity (Wildman–Crippen MR) is 128 cm³/mol. The van der Waals surface area contributed by atoms with Gasteiger partial charge in [-0.2, -0.15) is 5.10 Å². The number of halogens is 1. The molecule has 10 nitrogen and oxygen atoms in total. The van der Waals surface area contributed by atoms with Gasteiger partial charge in [0, 0.05) is 0 Å². The quantitative estimate of drug-likeness (QED) is 0.288. The van der Waals surface area contributed by atoms with Crippen LogP contribution in [0.15, 0.2) is 53.7 Å². The van der Waals surface area contributed by atoms with Crippen molar-refractivity contribution in [2.75, 3.05) is 11.5 Å². The first kappa shape index (κ1) is 24.0. The van der Waals surface area contributed by atoms with Gasteiger partial charge in [0.2, 0.25) is 17.8 Å². The SMILES string of the molecule is CCOC(=O)c1nn(-c2ccc(C)cc2)c(C)c1C(=O)C1=NO[C@H]2C(=O)N(c3ccc(F)cc3)C(=O)[C@@H]12. The highest BCUT2D eigenvalue weighted by Crippen LogP contribution is 2.35. The van der Waals surface area contributed by atoms with Gasteiger partial charge in [-0.3, -0.25) is 14.4 Å². The van der Waals surface area contributed by atoms with Crippen LogP contribution in [-0.2, 0) is 19.2 Å². The van der Waals surface area contributed by atoms with Gasteiger partial charge >= 0.3 is 5.97 Å². The summed E-state index contributed by atoms with van der Waals surface area (Å²) in [5, 5.41) is 8.11. The maximum atomic E-state index is 13.8. The van der Waals surface area contributed by atoms with E-state index < -0.39 is 41.4 Å². The summed E-state index contributed by atoms with van der Waals surface area (Å²) in [6, 6.07) is 12.1. The molecular formula is C26H21FN4O6. The summed E-state index contributed by atoms with van der Waals surface area (Å²) < 4.78 is 19.9. The highest BCUT2D eigenvalue weighted by Gasteiger charge is 2.58. The maximum Gasteiger partial charge on any atom is 0.359 e. The molecule has 188 valence electrons. The number of carbonyl (C=O) groups is 4. The molecule has 0 N–H and O–H groups in total. The average Bonchev–Trinajstić information content (AvgIpc) is 3.53. The number of esters is 1. The molecule has 0 saturated carbocycles. The van der Waals surface area contributed by atoms with Crippen LogP contribution >= 0.6 is 0 Å². The van der Waals surface area contributed by atoms with Crippen molar-refractivity contribution in [1.82, 2.24) is 9.78 Å². The largest absolute Gasteiger partial charge is 0.461 e. The van der Waals surface area contributed by atoms with Crippen molar-refractivity contribution in [2.45, 2.75) is 26.9 Å². The van der Waals surface area contributed by atoms with Crippen LogP contribution in [0.1, 0.15) is 39.0 Å². The number of carbonyl (C=O) groups excluding carboxylic acids is 4. The van der Waals surface area contributed by atoms with Gasteiger partial charge in [-0.1, -0.05) is 22.9 Å². The molecule has 37 heavy (non-hydrogen) atoms. The number of hydrogen-bond acceptors (Lipinski definition) is 8. The van der Waals surface area contributed by atoms with Gasteiger partial charge in [0.05, 0.1) is 29.2 Å². The summed E-state index contributed by atoms with van der Waals surface area (Å²) >= 11 is 0. The molecule has 2 amide bonds. The van der Waals surface area contributed by atoms with E-state index in [4.69, 9.17) is 9.57 Å². The van der Waals surface area contributed by atoms with E-state index in [0.29, 0.717) is 11.4 Å². The summed E-state index contributed by atoms with van der Waals surface area (Å²) in [4.78, 5) is 58.8. The van der Waals surface area contributed by atoms with Crippen LogP contribution in [0.5, 0.6) is 0 Å². The average molecular weight is 504 g/mol. The second-order valence-corrected chi connectivity index (χ2v) is 8.57. The molecule has 0 aliphatic carbocycles. The number of aryl methyl sites for hydroxylation is 1. The number of hydrogen-bond donors (Lipinski definition) is 0. The molecule has 3 heterocycles. The number of ketones is 1. The van der Waals surface area contributed by atoms with Gasteiger partial charge in [0.15, 0.2) is 5.69 Å². The Morgan fingerprint density at radius 2 is 1.65 bits per heavy atom. The Hall–Kier alpha value is -4.67. The molecule has 1 saturated heterocycles. The number of amides is 2. The third kappa shape index (κ3) is 3.88. The highest BCUT2D eigenvalue weighted by atomic mass is 19.1. The molecule has 0 unspecified atom stereocenters. The molecule has 2 aliphatic rings. The number of ether oxygens (including phenoxy) is 1. The van der Waals surface area contributed by atoms with Crippen molar-refractivity contribution in [1.29, 1.82) is 0 Å². The maximum absolute atomic E-state index is 13.8. The lowest BCUT2D eigenvalue weighted by atomic mass is 9.92. The molecule has 1 aromatic heterocycles. The zero-order valence-electron chi connectivity index (χ0n) is 20.1. The van der Waals surface area contributed by atoms with Gasteiger partial charge < -0.3 is 9.57 Å². The van der Waals surface area contributed by atoms with Crippen LogP contribution in [0, 0.1) is 25.6 Å². The van der Waals surface area contributed by atoms with Crippen LogP contribution in [0.4, 0.5) is 10.1 Å². The summed E-state index contributed by atoms with van der Waals surface area (Å²) in [6.45, 7) is 5.19. The van der Waals surface area contributed by atoms with E-state index >= 15 is 0 Å². The van der Waals surface area contributed by atoms with Crippen molar-refractivity contribution in [3.63, 3.8) is 0 Å². The number of imide groups is 1. The zero-order valence-corrected chi connectivity index (χ0v) is 20.1. The fourth-order valence-corrected chi connectivity index (χ4v) is 4.39. The third-order valence-corrected chi connectivity index (χ3v) is 6.22. The van der Waals surface area contributed by atoms with Crippen LogP contribution in [0.25, 0.3) is 5.69 Å². The normalized spacial score (nSPS) is 18.5. The van der Waals surface area contributed by atoms with E-state index in [1.165, 1.54) is 16.8 Å². The number of oxime groups is 1. The highest BCUT2D eigenvalue weighted by molar-refractivity contribution is 6.53. The second kappa shape index (κ2) is 9.08. The fourth-order valence-electron chi connectivity index (χ4n) is 4.39. The smallest absolute Gasteiger partial charge is 0.359 e. The van der Waals surface area contributed by atoms with E-state index in [9.17, 15) is 23.6 Å². The summed E-state index contributed by atoms with van der Waals surface area (Å²) in [5.41, 5.74) is 1.38. The lowest BCUT2D eigenvalue weighted by molar-refractivity contribution is -0.126. The van der Waals surface area contributed by atoms with E-state index in [-0.39, 0.29) is 29.3 Å². The van der Waals surface area contributed by atoms with Crippen LogP contribution < -0.4 is 4.90 Å². The Kier molecular flexibility index (Phi) is 5.90. The van der Waals surface area contributed by atoms with E-state index in [2.05, 4.69) is 10.3 Å². The van der Waals surface area contributed by atoms with Crippen LogP contribution in [-0.4, -0.2) is 51.8 Å². The third-order valence-electron chi connectivity index (χ3n) is 6.22. The number of nitrogens with zero attached hydrogens (tertiary/aromatic N) is 4. The van der Waals surface area contributed by atoms with Gasteiger partial charge in [0.1, 0.15) is 17.4 Å². The van der Waals surface area contributed by atoms with Gasteiger partial charge in [-0.15, -0.1) is 0 Å². The van der Waals surface area contributed by atoms with Crippen LogP contribution in [0.3, 0.4) is 0 Å². The standard InChI is InChI=1S/C26H21FN4O6/c1-4-36-26(35)21-18(14(3)31(28-21)17-9-5-13(2)6-10-17)22(32)20-19-23(37-29-20)25(34)30(24(19)33)16-11-7-15(27)8-12-16/h5-12,19,23H,4H2,1-3H3/t19-,23+/m0/s1. The Morgan fingerprint density at radius 1 is 1.00 bits per heavy atom. The Labute approximate surface area is 210 Å². The lowest BCUT2D eigenvalue weighted by Gasteiger charge is -2.15. The molecule has 5 rings (SSSR count). The summed E-state index contributed by atoms with van der Waals surface area (Å²) in [6.07, 6.45) is -1.35. The first-order valence-corrected chi connectivity index (χ1v) is 11.5. The molecule has 2 aliphatic heterocycles. The van der Waals surface area contributed by atoms with E-state index in [1.54, 1.807) is 26.0 Å². The molecule has 0 bridgehead atoms. The molecule has 0 spiro atoms. The van der Waals surface area contributed by atoms with E-state index in [1.807, 2.05) is 19.1 Å². The monoisotopic (exact) mass is 504 g/mol. The van der Waals surface area contributed by atoms with Crippen molar-refractivity contribution >= 4 is 35.0 Å². The van der Waals surface area contributed by atoms with Crippen molar-refractivity contribution in [3.8, 4) is 5.69 Å². The number of anilines is 1. The number of benzene rings is 2. The molecule has 0 radical (unpaired) electrons. The second-order valence-electron chi connectivity index (χ2n) is 8.57.